The fourth-order valence-electron chi connectivity index (χ4n) is 2.19. The zero-order valence-corrected chi connectivity index (χ0v) is 12.8. The van der Waals surface area contributed by atoms with Crippen molar-refractivity contribution in [3.05, 3.63) is 35.9 Å². The van der Waals surface area contributed by atoms with Crippen LogP contribution in [0.2, 0.25) is 0 Å². The van der Waals surface area contributed by atoms with Crippen molar-refractivity contribution >= 4 is 5.91 Å². The Bertz CT molecular complexity index is 388. The summed E-state index contributed by atoms with van der Waals surface area (Å²) in [6, 6.07) is 10.1. The van der Waals surface area contributed by atoms with Crippen molar-refractivity contribution in [3.8, 4) is 0 Å². The van der Waals surface area contributed by atoms with Gasteiger partial charge >= 0.3 is 0 Å². The van der Waals surface area contributed by atoms with E-state index in [9.17, 15) is 4.79 Å². The van der Waals surface area contributed by atoms with E-state index in [0.717, 1.165) is 18.5 Å². The van der Waals surface area contributed by atoms with Crippen LogP contribution in [0.1, 0.15) is 31.4 Å². The highest BCUT2D eigenvalue weighted by Gasteiger charge is 2.17. The number of nitrogens with one attached hydrogen (secondary N) is 1. The summed E-state index contributed by atoms with van der Waals surface area (Å²) in [7, 11) is 4.02. The minimum atomic E-state index is 0.0222. The van der Waals surface area contributed by atoms with Gasteiger partial charge in [-0.2, -0.15) is 0 Å². The molecule has 1 aromatic carbocycles. The van der Waals surface area contributed by atoms with Gasteiger partial charge in [-0.05, 0) is 32.1 Å². The summed E-state index contributed by atoms with van der Waals surface area (Å²) in [5, 5.41) is 3.13. The number of rotatable bonds is 8. The number of benzene rings is 1. The Morgan fingerprint density at radius 2 is 1.95 bits per heavy atom. The summed E-state index contributed by atoms with van der Waals surface area (Å²) >= 11 is 0. The van der Waals surface area contributed by atoms with Crippen molar-refractivity contribution in [2.45, 2.75) is 25.8 Å². The molecule has 0 aliphatic heterocycles. The van der Waals surface area contributed by atoms with Crippen LogP contribution in [-0.4, -0.2) is 38.0 Å². The first-order chi connectivity index (χ1) is 9.56. The number of hydrogen-bond acceptors (Lipinski definition) is 3. The topological polar surface area (TPSA) is 58.4 Å². The molecule has 0 aromatic heterocycles. The molecule has 0 aliphatic rings. The van der Waals surface area contributed by atoms with Crippen LogP contribution in [0.5, 0.6) is 0 Å². The molecule has 0 spiro atoms. The molecular weight excluding hydrogens is 250 g/mol. The molecular formula is C16H27N3O. The highest BCUT2D eigenvalue weighted by Crippen LogP contribution is 2.14. The maximum atomic E-state index is 12.2. The lowest BCUT2D eigenvalue weighted by molar-refractivity contribution is -0.122. The first-order valence-corrected chi connectivity index (χ1v) is 7.25. The third kappa shape index (κ3) is 5.72. The molecule has 2 unspecified atom stereocenters. The molecule has 1 aromatic rings. The van der Waals surface area contributed by atoms with E-state index in [1.807, 2.05) is 32.3 Å². The van der Waals surface area contributed by atoms with E-state index in [2.05, 4.69) is 29.3 Å². The van der Waals surface area contributed by atoms with Crippen molar-refractivity contribution in [2.24, 2.45) is 11.7 Å². The maximum Gasteiger partial charge on any atom is 0.220 e. The Labute approximate surface area is 122 Å². The van der Waals surface area contributed by atoms with Crippen LogP contribution in [0.4, 0.5) is 0 Å². The van der Waals surface area contributed by atoms with E-state index in [1.54, 1.807) is 0 Å². The Hall–Kier alpha value is -1.39. The number of carbonyl (C=O) groups is 1. The van der Waals surface area contributed by atoms with Gasteiger partial charge in [0.1, 0.15) is 0 Å². The Morgan fingerprint density at radius 3 is 2.45 bits per heavy atom. The molecule has 4 heteroatoms. The molecule has 1 amide bonds. The van der Waals surface area contributed by atoms with Gasteiger partial charge in [0.05, 0.1) is 6.04 Å². The zero-order valence-electron chi connectivity index (χ0n) is 12.8. The van der Waals surface area contributed by atoms with Gasteiger partial charge in [-0.25, -0.2) is 0 Å². The van der Waals surface area contributed by atoms with Gasteiger partial charge < -0.3 is 16.0 Å². The quantitative estimate of drug-likeness (QED) is 0.761. The monoisotopic (exact) mass is 277 g/mol. The molecule has 0 heterocycles. The molecule has 0 saturated carbocycles. The lowest BCUT2D eigenvalue weighted by Gasteiger charge is -2.24. The zero-order chi connectivity index (χ0) is 15.0. The normalized spacial score (nSPS) is 14.1. The molecule has 20 heavy (non-hydrogen) atoms. The summed E-state index contributed by atoms with van der Waals surface area (Å²) in [4.78, 5) is 14.2. The van der Waals surface area contributed by atoms with Gasteiger partial charge in [-0.15, -0.1) is 0 Å². The van der Waals surface area contributed by atoms with Gasteiger partial charge in [-0.1, -0.05) is 43.7 Å². The third-order valence-electron chi connectivity index (χ3n) is 3.47. The summed E-state index contributed by atoms with van der Waals surface area (Å²) in [5.74, 6) is 0.351. The highest BCUT2D eigenvalue weighted by atomic mass is 16.1. The lowest BCUT2D eigenvalue weighted by atomic mass is 10.0. The standard InChI is InChI=1S/C16H27N3O/c1-4-13(11-17)10-16(20)18-15(12-19(2)3)14-8-6-5-7-9-14/h5-9,13,15H,4,10-12,17H2,1-3H3,(H,18,20). The van der Waals surface area contributed by atoms with Crippen LogP contribution in [0.3, 0.4) is 0 Å². The summed E-state index contributed by atoms with van der Waals surface area (Å²) in [6.45, 7) is 3.42. The first-order valence-electron chi connectivity index (χ1n) is 7.25. The first kappa shape index (κ1) is 16.7. The molecule has 0 aliphatic carbocycles. The van der Waals surface area contributed by atoms with Crippen LogP contribution >= 0.6 is 0 Å². The number of nitrogens with zero attached hydrogens (tertiary/aromatic N) is 1. The Balaban J connectivity index is 2.68. The predicted octanol–water partition coefficient (Wildman–Crippen LogP) is 1.78. The second-order valence-corrected chi connectivity index (χ2v) is 5.51. The number of carbonyl (C=O) groups excluding carboxylic acids is 1. The van der Waals surface area contributed by atoms with Crippen LogP contribution in [-0.2, 0) is 4.79 Å². The maximum absolute atomic E-state index is 12.2. The van der Waals surface area contributed by atoms with Crippen LogP contribution in [0.15, 0.2) is 30.3 Å². The van der Waals surface area contributed by atoms with Crippen molar-refractivity contribution in [2.75, 3.05) is 27.2 Å². The minimum absolute atomic E-state index is 0.0222. The Morgan fingerprint density at radius 1 is 1.30 bits per heavy atom. The Kier molecular flexibility index (Phi) is 7.26. The fourth-order valence-corrected chi connectivity index (χ4v) is 2.19. The number of likely N-dealkylation sites (N-methyl/N-ethyl adjacent to an activating group) is 1. The molecule has 0 radical (unpaired) electrons. The molecule has 3 N–H and O–H groups in total. The van der Waals surface area contributed by atoms with E-state index in [1.165, 1.54) is 0 Å². The number of amides is 1. The number of nitrogens with two attached hydrogens (primary N) is 1. The molecule has 4 nitrogen and oxygen atoms in total. The number of hydrogen-bond donors (Lipinski definition) is 2. The summed E-state index contributed by atoms with van der Waals surface area (Å²) < 4.78 is 0. The van der Waals surface area contributed by atoms with Crippen molar-refractivity contribution in [1.29, 1.82) is 0 Å². The van der Waals surface area contributed by atoms with Gasteiger partial charge in [0.2, 0.25) is 5.91 Å². The minimum Gasteiger partial charge on any atom is -0.348 e. The smallest absolute Gasteiger partial charge is 0.220 e. The summed E-state index contributed by atoms with van der Waals surface area (Å²) in [6.07, 6.45) is 1.44. The van der Waals surface area contributed by atoms with Crippen molar-refractivity contribution in [1.82, 2.24) is 10.2 Å². The van der Waals surface area contributed by atoms with E-state index in [0.29, 0.717) is 13.0 Å². The second-order valence-electron chi connectivity index (χ2n) is 5.51. The summed E-state index contributed by atoms with van der Waals surface area (Å²) in [5.41, 5.74) is 6.80. The lowest BCUT2D eigenvalue weighted by Crippen LogP contribution is -2.36. The third-order valence-corrected chi connectivity index (χ3v) is 3.47. The van der Waals surface area contributed by atoms with Crippen molar-refractivity contribution < 1.29 is 4.79 Å². The average Bonchev–Trinajstić information content (AvgIpc) is 2.44. The average molecular weight is 277 g/mol. The highest BCUT2D eigenvalue weighted by molar-refractivity contribution is 5.76. The van der Waals surface area contributed by atoms with Gasteiger partial charge in [0.15, 0.2) is 0 Å². The largest absolute Gasteiger partial charge is 0.348 e. The van der Waals surface area contributed by atoms with Crippen molar-refractivity contribution in [3.63, 3.8) is 0 Å². The SMILES string of the molecule is CCC(CN)CC(=O)NC(CN(C)C)c1ccccc1. The molecule has 112 valence electrons. The molecule has 0 saturated heterocycles. The predicted molar refractivity (Wildman–Crippen MR) is 83.3 cm³/mol. The van der Waals surface area contributed by atoms with E-state index < -0.39 is 0 Å². The molecule has 2 atom stereocenters. The molecule has 0 fully saturated rings. The second kappa shape index (κ2) is 8.72. The van der Waals surface area contributed by atoms with Gasteiger partial charge in [0, 0.05) is 13.0 Å². The van der Waals surface area contributed by atoms with Crippen LogP contribution in [0.25, 0.3) is 0 Å². The van der Waals surface area contributed by atoms with E-state index in [4.69, 9.17) is 5.73 Å². The molecule has 1 rings (SSSR count). The van der Waals surface area contributed by atoms with E-state index >= 15 is 0 Å². The van der Waals surface area contributed by atoms with Crippen LogP contribution < -0.4 is 11.1 Å². The molecule has 0 bridgehead atoms. The van der Waals surface area contributed by atoms with E-state index in [-0.39, 0.29) is 17.9 Å². The fraction of sp³-hybridized carbons (Fsp3) is 0.562. The van der Waals surface area contributed by atoms with Crippen LogP contribution in [0, 0.1) is 5.92 Å². The van der Waals surface area contributed by atoms with Gasteiger partial charge in [0.25, 0.3) is 0 Å². The van der Waals surface area contributed by atoms with Gasteiger partial charge in [-0.3, -0.25) is 4.79 Å².